The zero-order valence-electron chi connectivity index (χ0n) is 2.68. The molecular weight excluding hydrogens is 100 g/mol. The lowest BCUT2D eigenvalue weighted by Crippen LogP contribution is -1.72. The summed E-state index contributed by atoms with van der Waals surface area (Å²) in [6.45, 7) is 0. The molecule has 0 atom stereocenters. The van der Waals surface area contributed by atoms with Crippen molar-refractivity contribution in [2.45, 2.75) is 0 Å². The Morgan fingerprint density at radius 2 is 2.80 bits per heavy atom. The fraction of sp³-hybridized carbons (Fsp3) is 0. The second kappa shape index (κ2) is 1.64. The standard InChI is InChI=1S/C2H4OSSi/c1-2-5-3-4-1/h1-2H,5H2. The molecule has 0 aromatic heterocycles. The van der Waals surface area contributed by atoms with Crippen LogP contribution in [0.1, 0.15) is 0 Å². The Labute approximate surface area is 37.6 Å². The molecule has 0 unspecified atom stereocenters. The second-order valence-corrected chi connectivity index (χ2v) is 2.96. The number of hydrogen-bond acceptors (Lipinski definition) is 2. The Bertz CT molecular complexity index is 47.6. The third-order valence-electron chi connectivity index (χ3n) is 0.384. The van der Waals surface area contributed by atoms with Gasteiger partial charge in [-0.1, -0.05) is 5.70 Å². The Kier molecular flexibility index (Phi) is 1.13. The summed E-state index contributed by atoms with van der Waals surface area (Å²) in [6, 6.07) is 0. The molecule has 28 valence electrons. The maximum absolute atomic E-state index is 4.89. The van der Waals surface area contributed by atoms with Crippen LogP contribution in [-0.4, -0.2) is 9.76 Å². The van der Waals surface area contributed by atoms with Crippen LogP contribution in [0.3, 0.4) is 0 Å². The van der Waals surface area contributed by atoms with Crippen molar-refractivity contribution in [3.8, 4) is 0 Å². The Morgan fingerprint density at radius 3 is 3.00 bits per heavy atom. The third-order valence-corrected chi connectivity index (χ3v) is 2.55. The molecule has 1 rings (SSSR count). The average molecular weight is 104 g/mol. The van der Waals surface area contributed by atoms with Crippen molar-refractivity contribution >= 4 is 21.8 Å². The first kappa shape index (κ1) is 3.46. The van der Waals surface area contributed by atoms with Crippen molar-refractivity contribution < 1.29 is 3.87 Å². The van der Waals surface area contributed by atoms with E-state index in [-0.39, 0.29) is 9.76 Å². The lowest BCUT2D eigenvalue weighted by molar-refractivity contribution is 0.722. The summed E-state index contributed by atoms with van der Waals surface area (Å²) in [5.41, 5.74) is 2.12. The van der Waals surface area contributed by atoms with Crippen molar-refractivity contribution in [3.63, 3.8) is 0 Å². The van der Waals surface area contributed by atoms with Crippen LogP contribution in [-0.2, 0) is 3.87 Å². The SMILES string of the molecule is C1=CSO[SiH2]1. The van der Waals surface area contributed by atoms with Gasteiger partial charge in [0.15, 0.2) is 0 Å². The van der Waals surface area contributed by atoms with Gasteiger partial charge in [0.2, 0.25) is 9.76 Å². The smallest absolute Gasteiger partial charge is 0.205 e. The van der Waals surface area contributed by atoms with Crippen LogP contribution >= 0.6 is 12.0 Å². The fourth-order valence-corrected chi connectivity index (χ4v) is 1.77. The van der Waals surface area contributed by atoms with E-state index in [0.29, 0.717) is 0 Å². The summed E-state index contributed by atoms with van der Waals surface area (Å²) in [4.78, 5) is 0. The summed E-state index contributed by atoms with van der Waals surface area (Å²) >= 11 is 1.46. The minimum absolute atomic E-state index is 0.174. The highest BCUT2D eigenvalue weighted by atomic mass is 32.2. The van der Waals surface area contributed by atoms with Crippen LogP contribution in [0.2, 0.25) is 0 Å². The predicted molar refractivity (Wildman–Crippen MR) is 26.4 cm³/mol. The molecular formula is C2H4OSSi. The zero-order chi connectivity index (χ0) is 3.54. The van der Waals surface area contributed by atoms with E-state index >= 15 is 0 Å². The first-order chi connectivity index (χ1) is 2.50. The van der Waals surface area contributed by atoms with Gasteiger partial charge in [0.05, 0.1) is 0 Å². The largest absolute Gasteiger partial charge is 0.357 e. The molecule has 0 radical (unpaired) electrons. The molecule has 0 aromatic carbocycles. The molecule has 3 heteroatoms. The van der Waals surface area contributed by atoms with E-state index in [1.807, 2.05) is 5.41 Å². The van der Waals surface area contributed by atoms with Gasteiger partial charge in [0.25, 0.3) is 0 Å². The average Bonchev–Trinajstić information content (AvgIpc) is 1.76. The lowest BCUT2D eigenvalue weighted by Gasteiger charge is -1.75. The first-order valence-corrected chi connectivity index (χ1v) is 3.63. The molecule has 0 amide bonds. The predicted octanol–water partition coefficient (Wildman–Crippen LogP) is 0.220. The van der Waals surface area contributed by atoms with Crippen molar-refractivity contribution in [3.05, 3.63) is 11.1 Å². The fourth-order valence-electron chi connectivity index (χ4n) is 0.196. The second-order valence-electron chi connectivity index (χ2n) is 0.753. The molecule has 0 saturated carbocycles. The number of hydrogen-bond donors (Lipinski definition) is 0. The van der Waals surface area contributed by atoms with E-state index in [4.69, 9.17) is 3.87 Å². The highest BCUT2D eigenvalue weighted by Gasteiger charge is 1.86. The molecule has 0 N–H and O–H groups in total. The minimum atomic E-state index is -0.174. The summed E-state index contributed by atoms with van der Waals surface area (Å²) in [7, 11) is -0.174. The quantitative estimate of drug-likeness (QED) is 0.321. The van der Waals surface area contributed by atoms with Crippen molar-refractivity contribution in [2.75, 3.05) is 0 Å². The van der Waals surface area contributed by atoms with Gasteiger partial charge < -0.3 is 3.87 Å². The van der Waals surface area contributed by atoms with Crippen LogP contribution in [0.5, 0.6) is 0 Å². The summed E-state index contributed by atoms with van der Waals surface area (Å²) in [5, 5.41) is 1.99. The molecule has 1 aliphatic rings. The summed E-state index contributed by atoms with van der Waals surface area (Å²) < 4.78 is 4.89. The molecule has 1 heterocycles. The van der Waals surface area contributed by atoms with Gasteiger partial charge in [-0.2, -0.15) is 0 Å². The molecule has 1 nitrogen and oxygen atoms in total. The van der Waals surface area contributed by atoms with Gasteiger partial charge >= 0.3 is 0 Å². The molecule has 0 bridgehead atoms. The van der Waals surface area contributed by atoms with Crippen LogP contribution in [0, 0.1) is 0 Å². The molecule has 5 heavy (non-hydrogen) atoms. The van der Waals surface area contributed by atoms with Crippen LogP contribution in [0.25, 0.3) is 0 Å². The highest BCUT2D eigenvalue weighted by Crippen LogP contribution is 2.07. The maximum Gasteiger partial charge on any atom is 0.205 e. The van der Waals surface area contributed by atoms with Crippen molar-refractivity contribution in [2.24, 2.45) is 0 Å². The van der Waals surface area contributed by atoms with Crippen molar-refractivity contribution in [1.82, 2.24) is 0 Å². The van der Waals surface area contributed by atoms with Gasteiger partial charge in [-0.25, -0.2) is 0 Å². The van der Waals surface area contributed by atoms with Gasteiger partial charge in [-0.3, -0.25) is 0 Å². The molecule has 0 fully saturated rings. The van der Waals surface area contributed by atoms with Crippen LogP contribution in [0.15, 0.2) is 11.1 Å². The van der Waals surface area contributed by atoms with Crippen molar-refractivity contribution in [1.29, 1.82) is 0 Å². The van der Waals surface area contributed by atoms with Gasteiger partial charge in [-0.05, 0) is 5.41 Å². The molecule has 0 saturated heterocycles. The van der Waals surface area contributed by atoms with Crippen LogP contribution in [0.4, 0.5) is 0 Å². The molecule has 0 aliphatic carbocycles. The highest BCUT2D eigenvalue weighted by molar-refractivity contribution is 7.98. The molecule has 0 aromatic rings. The van der Waals surface area contributed by atoms with E-state index in [0.717, 1.165) is 0 Å². The maximum atomic E-state index is 4.89. The van der Waals surface area contributed by atoms with E-state index in [9.17, 15) is 0 Å². The first-order valence-electron chi connectivity index (χ1n) is 1.43. The molecule has 1 aliphatic heterocycles. The van der Waals surface area contributed by atoms with E-state index in [1.54, 1.807) is 0 Å². The van der Waals surface area contributed by atoms with E-state index < -0.39 is 0 Å². The van der Waals surface area contributed by atoms with Gasteiger partial charge in [0, 0.05) is 12.0 Å². The topological polar surface area (TPSA) is 9.23 Å². The van der Waals surface area contributed by atoms with E-state index in [1.165, 1.54) is 12.0 Å². The monoisotopic (exact) mass is 104 g/mol. The summed E-state index contributed by atoms with van der Waals surface area (Å²) in [5.74, 6) is 0. The van der Waals surface area contributed by atoms with E-state index in [2.05, 4.69) is 5.70 Å². The zero-order valence-corrected chi connectivity index (χ0v) is 4.91. The molecule has 0 spiro atoms. The number of rotatable bonds is 0. The Balaban J connectivity index is 2.32. The third kappa shape index (κ3) is 0.790. The normalized spacial score (nSPS) is 25.6. The Morgan fingerprint density at radius 1 is 1.80 bits per heavy atom. The Hall–Kier alpha value is 0.267. The van der Waals surface area contributed by atoms with Gasteiger partial charge in [0.1, 0.15) is 0 Å². The van der Waals surface area contributed by atoms with Crippen LogP contribution < -0.4 is 0 Å². The van der Waals surface area contributed by atoms with Gasteiger partial charge in [-0.15, -0.1) is 0 Å². The minimum Gasteiger partial charge on any atom is -0.357 e. The lowest BCUT2D eigenvalue weighted by atomic mass is 11.3. The summed E-state index contributed by atoms with van der Waals surface area (Å²) in [6.07, 6.45) is 0.